The van der Waals surface area contributed by atoms with Crippen LogP contribution in [0.3, 0.4) is 0 Å². The standard InChI is InChI=1S/C5H10O4.C5H8O4/c1-5(2,9)3(6)4(7)8;1-3(6)5(2,9)4(7)8/h3,6,9H,1-2H3,(H,7,8);9H,1-2H3,(H,7,8)/t3-;5-/m00/s1. The van der Waals surface area contributed by atoms with Crippen molar-refractivity contribution in [2.24, 2.45) is 0 Å². The average Bonchev–Trinajstić information content (AvgIpc) is 2.15. The monoisotopic (exact) mass is 266 g/mol. The summed E-state index contributed by atoms with van der Waals surface area (Å²) in [5.41, 5.74) is -3.79. The van der Waals surface area contributed by atoms with E-state index in [9.17, 15) is 14.4 Å². The summed E-state index contributed by atoms with van der Waals surface area (Å²) in [4.78, 5) is 30.2. The van der Waals surface area contributed by atoms with Crippen LogP contribution >= 0.6 is 0 Å². The topological polar surface area (TPSA) is 152 Å². The summed E-state index contributed by atoms with van der Waals surface area (Å²) in [5, 5.41) is 42.4. The normalized spacial score (nSPS) is 15.7. The average molecular weight is 266 g/mol. The van der Waals surface area contributed by atoms with Gasteiger partial charge >= 0.3 is 11.9 Å². The van der Waals surface area contributed by atoms with Crippen molar-refractivity contribution in [3.8, 4) is 0 Å². The number of rotatable bonds is 4. The van der Waals surface area contributed by atoms with Gasteiger partial charge in [-0.1, -0.05) is 0 Å². The molecule has 0 saturated carbocycles. The molecule has 0 aromatic carbocycles. The first-order chi connectivity index (χ1) is 7.74. The molecule has 0 spiro atoms. The fourth-order valence-electron chi connectivity index (χ4n) is 0.453. The predicted molar refractivity (Wildman–Crippen MR) is 58.9 cm³/mol. The number of aliphatic carboxylic acids is 2. The van der Waals surface area contributed by atoms with E-state index in [0.717, 1.165) is 13.8 Å². The zero-order chi connectivity index (χ0) is 15.3. The molecule has 8 nitrogen and oxygen atoms in total. The third-order valence-corrected chi connectivity index (χ3v) is 2.01. The van der Waals surface area contributed by atoms with E-state index in [2.05, 4.69) is 0 Å². The number of carboxylic acids is 2. The van der Waals surface area contributed by atoms with Gasteiger partial charge < -0.3 is 25.5 Å². The van der Waals surface area contributed by atoms with Crippen LogP contribution in [0.5, 0.6) is 0 Å². The van der Waals surface area contributed by atoms with E-state index in [1.165, 1.54) is 13.8 Å². The Hall–Kier alpha value is -1.51. The number of carbonyl (C=O) groups excluding carboxylic acids is 1. The first-order valence-corrected chi connectivity index (χ1v) is 4.84. The highest BCUT2D eigenvalue weighted by molar-refractivity contribution is 6.04. The maximum absolute atomic E-state index is 10.3. The summed E-state index contributed by atoms with van der Waals surface area (Å²) in [6.45, 7) is 4.42. The molecule has 0 amide bonds. The van der Waals surface area contributed by atoms with Gasteiger partial charge in [0.05, 0.1) is 5.60 Å². The molecular weight excluding hydrogens is 248 g/mol. The van der Waals surface area contributed by atoms with Crippen LogP contribution in [0, 0.1) is 0 Å². The van der Waals surface area contributed by atoms with E-state index in [4.69, 9.17) is 25.5 Å². The largest absolute Gasteiger partial charge is 0.479 e. The van der Waals surface area contributed by atoms with Gasteiger partial charge in [0.2, 0.25) is 5.60 Å². The van der Waals surface area contributed by atoms with Gasteiger partial charge in [-0.15, -0.1) is 0 Å². The molecule has 0 heterocycles. The second-order valence-corrected chi connectivity index (χ2v) is 4.33. The van der Waals surface area contributed by atoms with Crippen molar-refractivity contribution in [1.29, 1.82) is 0 Å². The van der Waals surface area contributed by atoms with Gasteiger partial charge in [0, 0.05) is 0 Å². The van der Waals surface area contributed by atoms with E-state index < -0.39 is 35.0 Å². The molecule has 2 atom stereocenters. The minimum Gasteiger partial charge on any atom is -0.479 e. The minimum absolute atomic E-state index is 0.769. The summed E-state index contributed by atoms with van der Waals surface area (Å²) in [7, 11) is 0. The molecule has 0 aromatic rings. The zero-order valence-corrected chi connectivity index (χ0v) is 10.5. The summed E-state index contributed by atoms with van der Waals surface area (Å²) in [5.74, 6) is -3.70. The Bertz CT molecular complexity index is 309. The Morgan fingerprint density at radius 1 is 1.00 bits per heavy atom. The molecule has 0 rings (SSSR count). The van der Waals surface area contributed by atoms with Crippen LogP contribution in [0.15, 0.2) is 0 Å². The zero-order valence-electron chi connectivity index (χ0n) is 10.5. The maximum atomic E-state index is 10.3. The van der Waals surface area contributed by atoms with Crippen molar-refractivity contribution in [3.63, 3.8) is 0 Å². The van der Waals surface area contributed by atoms with Crippen molar-refractivity contribution >= 4 is 17.7 Å². The molecule has 18 heavy (non-hydrogen) atoms. The van der Waals surface area contributed by atoms with E-state index >= 15 is 0 Å². The van der Waals surface area contributed by atoms with Crippen molar-refractivity contribution in [2.75, 3.05) is 0 Å². The molecule has 0 fully saturated rings. The maximum Gasteiger partial charge on any atom is 0.343 e. The van der Waals surface area contributed by atoms with Gasteiger partial charge in [0.1, 0.15) is 0 Å². The summed E-state index contributed by atoms with van der Waals surface area (Å²) in [6, 6.07) is 0. The third kappa shape index (κ3) is 6.28. The highest BCUT2D eigenvalue weighted by Gasteiger charge is 2.35. The summed E-state index contributed by atoms with van der Waals surface area (Å²) in [6.07, 6.45) is -1.71. The fourth-order valence-corrected chi connectivity index (χ4v) is 0.453. The van der Waals surface area contributed by atoms with Crippen LogP contribution in [-0.4, -0.2) is 60.6 Å². The van der Waals surface area contributed by atoms with Crippen LogP contribution in [0.25, 0.3) is 0 Å². The second kappa shape index (κ2) is 6.43. The Morgan fingerprint density at radius 2 is 1.33 bits per heavy atom. The Balaban J connectivity index is 0. The molecule has 8 heteroatoms. The Labute approximate surface area is 103 Å². The molecule has 0 bridgehead atoms. The van der Waals surface area contributed by atoms with Crippen LogP contribution in [-0.2, 0) is 14.4 Å². The quantitative estimate of drug-likeness (QED) is 0.390. The van der Waals surface area contributed by atoms with Gasteiger partial charge in [-0.2, -0.15) is 0 Å². The highest BCUT2D eigenvalue weighted by Crippen LogP contribution is 2.07. The number of carboxylic acid groups (broad SMARTS) is 2. The van der Waals surface area contributed by atoms with Crippen LogP contribution in [0.4, 0.5) is 0 Å². The Kier molecular flexibility index (Phi) is 6.73. The van der Waals surface area contributed by atoms with E-state index in [0.29, 0.717) is 0 Å². The predicted octanol–water partition coefficient (Wildman–Crippen LogP) is -1.39. The van der Waals surface area contributed by atoms with Gasteiger partial charge in [0.25, 0.3) is 0 Å². The van der Waals surface area contributed by atoms with Crippen molar-refractivity contribution < 1.29 is 39.9 Å². The van der Waals surface area contributed by atoms with Gasteiger partial charge in [0.15, 0.2) is 11.9 Å². The fraction of sp³-hybridized carbons (Fsp3) is 0.700. The molecule has 5 N–H and O–H groups in total. The van der Waals surface area contributed by atoms with Gasteiger partial charge in [-0.05, 0) is 27.7 Å². The third-order valence-electron chi connectivity index (χ3n) is 2.01. The molecule has 0 aliphatic heterocycles. The van der Waals surface area contributed by atoms with E-state index in [-0.39, 0.29) is 0 Å². The smallest absolute Gasteiger partial charge is 0.343 e. The van der Waals surface area contributed by atoms with Gasteiger partial charge in [-0.3, -0.25) is 4.79 Å². The lowest BCUT2D eigenvalue weighted by Crippen LogP contribution is -2.41. The molecule has 0 aliphatic rings. The summed E-state index contributed by atoms with van der Waals surface area (Å²) >= 11 is 0. The number of hydrogen-bond acceptors (Lipinski definition) is 6. The number of hydrogen-bond donors (Lipinski definition) is 5. The minimum atomic E-state index is -2.22. The molecule has 0 aliphatic carbocycles. The van der Waals surface area contributed by atoms with Crippen LogP contribution in [0.2, 0.25) is 0 Å². The van der Waals surface area contributed by atoms with Crippen LogP contribution in [0.1, 0.15) is 27.7 Å². The molecular formula is C10H18O8. The molecule has 0 aromatic heterocycles. The van der Waals surface area contributed by atoms with E-state index in [1.54, 1.807) is 0 Å². The van der Waals surface area contributed by atoms with Crippen molar-refractivity contribution in [1.82, 2.24) is 0 Å². The number of carbonyl (C=O) groups is 3. The number of aliphatic hydroxyl groups is 3. The molecule has 106 valence electrons. The first kappa shape index (κ1) is 18.8. The van der Waals surface area contributed by atoms with Crippen molar-refractivity contribution in [3.05, 3.63) is 0 Å². The second-order valence-electron chi connectivity index (χ2n) is 4.33. The molecule has 0 radical (unpaired) electrons. The number of ketones is 1. The van der Waals surface area contributed by atoms with Crippen LogP contribution < -0.4 is 0 Å². The Morgan fingerprint density at radius 3 is 1.33 bits per heavy atom. The van der Waals surface area contributed by atoms with Crippen molar-refractivity contribution in [2.45, 2.75) is 45.0 Å². The number of aliphatic hydroxyl groups excluding tert-OH is 1. The molecule has 0 saturated heterocycles. The van der Waals surface area contributed by atoms with Gasteiger partial charge in [-0.25, -0.2) is 9.59 Å². The summed E-state index contributed by atoms with van der Waals surface area (Å²) < 4.78 is 0. The lowest BCUT2D eigenvalue weighted by molar-refractivity contribution is -0.162. The molecule has 0 unspecified atom stereocenters. The first-order valence-electron chi connectivity index (χ1n) is 4.84. The SMILES string of the molecule is CC(=O)[C@](C)(O)C(=O)O.CC(C)(O)[C@@H](O)C(=O)O. The lowest BCUT2D eigenvalue weighted by atomic mass is 10.0. The highest BCUT2D eigenvalue weighted by atomic mass is 16.4. The lowest BCUT2D eigenvalue weighted by Gasteiger charge is -2.19. The number of Topliss-reactive ketones (excluding diaryl/α,β-unsaturated/α-hetero) is 1. The van der Waals surface area contributed by atoms with E-state index in [1.807, 2.05) is 0 Å².